The van der Waals surface area contributed by atoms with Gasteiger partial charge in [0.05, 0.1) is 6.54 Å². The number of amides is 1. The zero-order valence-electron chi connectivity index (χ0n) is 10.8. The molecule has 5 nitrogen and oxygen atoms in total. The minimum absolute atomic E-state index is 0.107. The number of hydrogen-bond acceptors (Lipinski definition) is 3. The first-order valence-electron chi connectivity index (χ1n) is 6.10. The minimum Gasteiger partial charge on any atom is -0.481 e. The number of aliphatic carboxylic acids is 1. The van der Waals surface area contributed by atoms with Crippen molar-refractivity contribution in [2.45, 2.75) is 32.7 Å². The van der Waals surface area contributed by atoms with Gasteiger partial charge in [0.15, 0.2) is 0 Å². The van der Waals surface area contributed by atoms with Crippen molar-refractivity contribution < 1.29 is 14.7 Å². The molecule has 0 aromatic rings. The van der Waals surface area contributed by atoms with Crippen molar-refractivity contribution in [2.24, 2.45) is 5.92 Å². The predicted octanol–water partition coefficient (Wildman–Crippen LogP) is 0.650. The Morgan fingerprint density at radius 2 is 2.12 bits per heavy atom. The number of carboxylic acids is 1. The van der Waals surface area contributed by atoms with E-state index in [4.69, 9.17) is 5.11 Å². The normalized spacial score (nSPS) is 20.8. The first kappa shape index (κ1) is 14.0. The van der Waals surface area contributed by atoms with Gasteiger partial charge in [-0.15, -0.1) is 0 Å². The number of hydrogen-bond donors (Lipinski definition) is 1. The Kier molecular flexibility index (Phi) is 4.93. The predicted molar refractivity (Wildman–Crippen MR) is 64.7 cm³/mol. The summed E-state index contributed by atoms with van der Waals surface area (Å²) in [5, 5.41) is 8.71. The van der Waals surface area contributed by atoms with Gasteiger partial charge in [-0.3, -0.25) is 14.5 Å². The number of likely N-dealkylation sites (N-methyl/N-ethyl adjacent to an activating group) is 1. The van der Waals surface area contributed by atoms with Gasteiger partial charge in [0, 0.05) is 26.1 Å². The molecule has 1 amide bonds. The molecule has 1 aliphatic rings. The van der Waals surface area contributed by atoms with Gasteiger partial charge in [-0.1, -0.05) is 0 Å². The van der Waals surface area contributed by atoms with Crippen molar-refractivity contribution in [3.63, 3.8) is 0 Å². The van der Waals surface area contributed by atoms with Crippen molar-refractivity contribution in [1.82, 2.24) is 9.80 Å². The number of carboxylic acid groups (broad SMARTS) is 1. The summed E-state index contributed by atoms with van der Waals surface area (Å²) in [7, 11) is 1.80. The fourth-order valence-electron chi connectivity index (χ4n) is 2.06. The first-order valence-corrected chi connectivity index (χ1v) is 6.10. The smallest absolute Gasteiger partial charge is 0.303 e. The monoisotopic (exact) mass is 242 g/mol. The lowest BCUT2D eigenvalue weighted by molar-refractivity contribution is -0.138. The third-order valence-corrected chi connectivity index (χ3v) is 3.36. The zero-order chi connectivity index (χ0) is 13.0. The Bertz CT molecular complexity index is 291. The van der Waals surface area contributed by atoms with Gasteiger partial charge < -0.3 is 10.0 Å². The molecule has 0 saturated carbocycles. The molecule has 1 atom stereocenters. The molecule has 5 heteroatoms. The van der Waals surface area contributed by atoms with Crippen molar-refractivity contribution in [2.75, 3.05) is 26.7 Å². The molecule has 0 aromatic carbocycles. The van der Waals surface area contributed by atoms with Crippen molar-refractivity contribution >= 4 is 11.9 Å². The average molecular weight is 242 g/mol. The van der Waals surface area contributed by atoms with Gasteiger partial charge in [0.25, 0.3) is 0 Å². The molecule has 0 radical (unpaired) electrons. The summed E-state index contributed by atoms with van der Waals surface area (Å²) in [5.74, 6) is -0.442. The maximum atomic E-state index is 11.8. The molecule has 1 saturated heterocycles. The highest BCUT2D eigenvalue weighted by atomic mass is 16.4. The van der Waals surface area contributed by atoms with Crippen LogP contribution in [-0.4, -0.2) is 59.5 Å². The number of nitrogens with zero attached hydrogens (tertiary/aromatic N) is 2. The zero-order valence-corrected chi connectivity index (χ0v) is 10.8. The average Bonchev–Trinajstić information content (AvgIpc) is 2.63. The third kappa shape index (κ3) is 4.34. The standard InChI is InChI=1S/C12H22N2O3/c1-9(2)13(3)11(15)8-14-5-4-10(7-14)6-12(16)17/h9-10H,4-8H2,1-3H3,(H,16,17). The van der Waals surface area contributed by atoms with Crippen LogP contribution < -0.4 is 0 Å². The van der Waals surface area contributed by atoms with E-state index < -0.39 is 5.97 Å². The van der Waals surface area contributed by atoms with Gasteiger partial charge in [0.1, 0.15) is 0 Å². The summed E-state index contributed by atoms with van der Waals surface area (Å²) in [6.07, 6.45) is 1.09. The Morgan fingerprint density at radius 3 is 2.65 bits per heavy atom. The van der Waals surface area contributed by atoms with Crippen LogP contribution >= 0.6 is 0 Å². The van der Waals surface area contributed by atoms with Gasteiger partial charge in [-0.2, -0.15) is 0 Å². The Labute approximate surface area is 102 Å². The molecular weight excluding hydrogens is 220 g/mol. The van der Waals surface area contributed by atoms with Crippen LogP contribution in [0.25, 0.3) is 0 Å². The van der Waals surface area contributed by atoms with E-state index >= 15 is 0 Å². The summed E-state index contributed by atoms with van der Waals surface area (Å²) in [6, 6.07) is 0.208. The highest BCUT2D eigenvalue weighted by molar-refractivity contribution is 5.78. The fraction of sp³-hybridized carbons (Fsp3) is 0.833. The molecule has 1 N–H and O–H groups in total. The Hall–Kier alpha value is -1.10. The van der Waals surface area contributed by atoms with Crippen LogP contribution in [0.3, 0.4) is 0 Å². The van der Waals surface area contributed by atoms with E-state index in [0.717, 1.165) is 19.5 Å². The summed E-state index contributed by atoms with van der Waals surface area (Å²) in [5.41, 5.74) is 0. The molecule has 1 rings (SSSR count). The maximum absolute atomic E-state index is 11.8. The van der Waals surface area contributed by atoms with Crippen LogP contribution in [0.15, 0.2) is 0 Å². The first-order chi connectivity index (χ1) is 7.90. The number of likely N-dealkylation sites (tertiary alicyclic amines) is 1. The van der Waals surface area contributed by atoms with E-state index in [0.29, 0.717) is 6.54 Å². The van der Waals surface area contributed by atoms with Gasteiger partial charge in [-0.05, 0) is 32.7 Å². The molecule has 0 bridgehead atoms. The lowest BCUT2D eigenvalue weighted by Crippen LogP contribution is -2.40. The molecule has 17 heavy (non-hydrogen) atoms. The minimum atomic E-state index is -0.748. The summed E-state index contributed by atoms with van der Waals surface area (Å²) >= 11 is 0. The van der Waals surface area contributed by atoms with Crippen LogP contribution in [0.2, 0.25) is 0 Å². The molecule has 1 aliphatic heterocycles. The quantitative estimate of drug-likeness (QED) is 0.769. The van der Waals surface area contributed by atoms with Crippen LogP contribution in [0.4, 0.5) is 0 Å². The molecule has 1 fully saturated rings. The second kappa shape index (κ2) is 6.00. The molecule has 1 unspecified atom stereocenters. The van der Waals surface area contributed by atoms with E-state index in [1.807, 2.05) is 13.8 Å². The van der Waals surface area contributed by atoms with Crippen LogP contribution in [0.1, 0.15) is 26.7 Å². The SMILES string of the molecule is CC(C)N(C)C(=O)CN1CCC(CC(=O)O)C1. The van der Waals surface area contributed by atoms with Crippen molar-refractivity contribution in [1.29, 1.82) is 0 Å². The molecule has 0 spiro atoms. The lowest BCUT2D eigenvalue weighted by atomic mass is 10.1. The molecule has 98 valence electrons. The van der Waals surface area contributed by atoms with E-state index in [1.165, 1.54) is 0 Å². The van der Waals surface area contributed by atoms with Gasteiger partial charge in [0.2, 0.25) is 5.91 Å². The molecule has 1 heterocycles. The van der Waals surface area contributed by atoms with Crippen LogP contribution in [-0.2, 0) is 9.59 Å². The van der Waals surface area contributed by atoms with Gasteiger partial charge >= 0.3 is 5.97 Å². The number of carbonyl (C=O) groups is 2. The Balaban J connectivity index is 2.35. The largest absolute Gasteiger partial charge is 0.481 e. The maximum Gasteiger partial charge on any atom is 0.303 e. The van der Waals surface area contributed by atoms with Crippen molar-refractivity contribution in [3.8, 4) is 0 Å². The topological polar surface area (TPSA) is 60.9 Å². The Morgan fingerprint density at radius 1 is 1.47 bits per heavy atom. The van der Waals surface area contributed by atoms with Gasteiger partial charge in [-0.25, -0.2) is 0 Å². The van der Waals surface area contributed by atoms with Crippen molar-refractivity contribution in [3.05, 3.63) is 0 Å². The molecule has 0 aromatic heterocycles. The van der Waals surface area contributed by atoms with Crippen LogP contribution in [0.5, 0.6) is 0 Å². The highest BCUT2D eigenvalue weighted by Gasteiger charge is 2.26. The second-order valence-corrected chi connectivity index (χ2v) is 5.09. The van der Waals surface area contributed by atoms with E-state index in [1.54, 1.807) is 11.9 Å². The molecular formula is C12H22N2O3. The van der Waals surface area contributed by atoms with E-state index in [2.05, 4.69) is 4.90 Å². The highest BCUT2D eigenvalue weighted by Crippen LogP contribution is 2.19. The summed E-state index contributed by atoms with van der Waals surface area (Å²) < 4.78 is 0. The molecule has 0 aliphatic carbocycles. The van der Waals surface area contributed by atoms with Crippen LogP contribution in [0, 0.1) is 5.92 Å². The number of carbonyl (C=O) groups excluding carboxylic acids is 1. The third-order valence-electron chi connectivity index (χ3n) is 3.36. The summed E-state index contributed by atoms with van der Waals surface area (Å²) in [6.45, 7) is 5.93. The number of rotatable bonds is 5. The van der Waals surface area contributed by atoms with E-state index in [9.17, 15) is 9.59 Å². The fourth-order valence-corrected chi connectivity index (χ4v) is 2.06. The van der Waals surface area contributed by atoms with E-state index in [-0.39, 0.29) is 24.3 Å². The lowest BCUT2D eigenvalue weighted by Gasteiger charge is -2.24. The second-order valence-electron chi connectivity index (χ2n) is 5.09. The summed E-state index contributed by atoms with van der Waals surface area (Å²) in [4.78, 5) is 26.2.